The molecule has 0 saturated carbocycles. The summed E-state index contributed by atoms with van der Waals surface area (Å²) in [6, 6.07) is 7.19. The van der Waals surface area contributed by atoms with E-state index in [0.29, 0.717) is 5.56 Å². The smallest absolute Gasteiger partial charge is 0.329 e. The standard InChI is InChI=1S/C10H12N2O3S/c11-10(16)12-7(9(14)15)8(13)6-4-2-1-3-5-6/h1-5,7-8,13H,(H,14,15)(H3,11,12,16). The molecule has 0 fully saturated rings. The molecule has 0 aliphatic carbocycles. The van der Waals surface area contributed by atoms with Crippen LogP contribution in [-0.4, -0.2) is 27.3 Å². The van der Waals surface area contributed by atoms with Gasteiger partial charge in [-0.3, -0.25) is 0 Å². The molecular weight excluding hydrogens is 228 g/mol. The second-order valence-corrected chi connectivity index (χ2v) is 3.62. The lowest BCUT2D eigenvalue weighted by atomic mass is 10.0. The molecule has 0 saturated heterocycles. The Kier molecular flexibility index (Phi) is 4.21. The van der Waals surface area contributed by atoms with Crippen molar-refractivity contribution in [3.05, 3.63) is 35.9 Å². The lowest BCUT2D eigenvalue weighted by Crippen LogP contribution is -2.47. The number of hydrogen-bond donors (Lipinski definition) is 4. The van der Waals surface area contributed by atoms with Gasteiger partial charge in [0, 0.05) is 0 Å². The Morgan fingerprint density at radius 3 is 2.38 bits per heavy atom. The molecule has 0 amide bonds. The van der Waals surface area contributed by atoms with Crippen molar-refractivity contribution in [2.24, 2.45) is 5.73 Å². The first kappa shape index (κ1) is 12.4. The van der Waals surface area contributed by atoms with Gasteiger partial charge in [-0.05, 0) is 17.8 Å². The summed E-state index contributed by atoms with van der Waals surface area (Å²) in [6.07, 6.45) is -1.21. The molecular formula is C10H12N2O3S. The number of rotatable bonds is 4. The van der Waals surface area contributed by atoms with E-state index < -0.39 is 18.1 Å². The number of thiocarbonyl (C=S) groups is 1. The number of carboxylic acids is 1. The number of aliphatic hydroxyl groups excluding tert-OH is 1. The molecule has 1 aromatic rings. The van der Waals surface area contributed by atoms with E-state index in [4.69, 9.17) is 10.8 Å². The van der Waals surface area contributed by atoms with E-state index in [1.807, 2.05) is 0 Å². The molecule has 2 unspecified atom stereocenters. The van der Waals surface area contributed by atoms with E-state index in [1.54, 1.807) is 30.3 Å². The van der Waals surface area contributed by atoms with Gasteiger partial charge in [-0.25, -0.2) is 4.79 Å². The van der Waals surface area contributed by atoms with Gasteiger partial charge in [-0.15, -0.1) is 0 Å². The van der Waals surface area contributed by atoms with Crippen LogP contribution in [0.3, 0.4) is 0 Å². The number of benzene rings is 1. The second kappa shape index (κ2) is 5.43. The van der Waals surface area contributed by atoms with Crippen molar-refractivity contribution in [2.45, 2.75) is 12.1 Å². The molecule has 0 radical (unpaired) electrons. The highest BCUT2D eigenvalue weighted by atomic mass is 32.1. The molecule has 16 heavy (non-hydrogen) atoms. The molecule has 0 aromatic heterocycles. The van der Waals surface area contributed by atoms with Crippen LogP contribution in [-0.2, 0) is 4.79 Å². The van der Waals surface area contributed by atoms with Crippen LogP contribution in [0.4, 0.5) is 0 Å². The number of carboxylic acid groups (broad SMARTS) is 1. The minimum absolute atomic E-state index is 0.164. The van der Waals surface area contributed by atoms with Gasteiger partial charge in [0.15, 0.2) is 11.2 Å². The normalized spacial score (nSPS) is 13.8. The first-order valence-electron chi connectivity index (χ1n) is 4.54. The Bertz CT molecular complexity index is 383. The van der Waals surface area contributed by atoms with Gasteiger partial charge in [0.2, 0.25) is 0 Å². The molecule has 0 heterocycles. The molecule has 86 valence electrons. The van der Waals surface area contributed by atoms with Gasteiger partial charge in [0.05, 0.1) is 0 Å². The van der Waals surface area contributed by atoms with Crippen molar-refractivity contribution in [1.29, 1.82) is 0 Å². The van der Waals surface area contributed by atoms with Crippen LogP contribution in [0, 0.1) is 0 Å². The van der Waals surface area contributed by atoms with Crippen molar-refractivity contribution in [2.75, 3.05) is 0 Å². The molecule has 0 spiro atoms. The summed E-state index contributed by atoms with van der Waals surface area (Å²) in [5.74, 6) is -1.22. The molecule has 5 nitrogen and oxygen atoms in total. The molecule has 6 heteroatoms. The zero-order valence-corrected chi connectivity index (χ0v) is 9.15. The highest BCUT2D eigenvalue weighted by Crippen LogP contribution is 2.16. The Morgan fingerprint density at radius 2 is 1.94 bits per heavy atom. The fourth-order valence-electron chi connectivity index (χ4n) is 1.27. The first-order valence-corrected chi connectivity index (χ1v) is 4.95. The maximum atomic E-state index is 10.9. The quantitative estimate of drug-likeness (QED) is 0.554. The largest absolute Gasteiger partial charge is 0.480 e. The molecule has 0 aliphatic rings. The summed E-state index contributed by atoms with van der Waals surface area (Å²) in [5, 5.41) is 20.9. The van der Waals surface area contributed by atoms with Gasteiger partial charge in [0.25, 0.3) is 0 Å². The fraction of sp³-hybridized carbons (Fsp3) is 0.200. The van der Waals surface area contributed by atoms with Gasteiger partial charge < -0.3 is 21.3 Å². The lowest BCUT2D eigenvalue weighted by molar-refractivity contribution is -0.142. The van der Waals surface area contributed by atoms with E-state index in [2.05, 4.69) is 17.5 Å². The minimum atomic E-state index is -1.25. The summed E-state index contributed by atoms with van der Waals surface area (Å²) in [7, 11) is 0. The zero-order chi connectivity index (χ0) is 12.1. The van der Waals surface area contributed by atoms with E-state index in [-0.39, 0.29) is 5.11 Å². The Labute approximate surface area is 97.9 Å². The van der Waals surface area contributed by atoms with Crippen LogP contribution in [0.25, 0.3) is 0 Å². The molecule has 1 aromatic carbocycles. The van der Waals surface area contributed by atoms with Gasteiger partial charge in [-0.1, -0.05) is 30.3 Å². The van der Waals surface area contributed by atoms with Crippen LogP contribution in [0.2, 0.25) is 0 Å². The Balaban J connectivity index is 2.87. The maximum Gasteiger partial charge on any atom is 0.329 e. The van der Waals surface area contributed by atoms with Crippen molar-refractivity contribution in [3.8, 4) is 0 Å². The average molecular weight is 240 g/mol. The van der Waals surface area contributed by atoms with Crippen molar-refractivity contribution in [1.82, 2.24) is 5.32 Å². The van der Waals surface area contributed by atoms with Gasteiger partial charge in [0.1, 0.15) is 6.10 Å². The molecule has 0 aliphatic heterocycles. The summed E-state index contributed by atoms with van der Waals surface area (Å²) < 4.78 is 0. The predicted molar refractivity (Wildman–Crippen MR) is 62.7 cm³/mol. The number of aliphatic carboxylic acids is 1. The van der Waals surface area contributed by atoms with E-state index in [0.717, 1.165) is 0 Å². The number of nitrogens with two attached hydrogens (primary N) is 1. The third kappa shape index (κ3) is 3.18. The van der Waals surface area contributed by atoms with E-state index >= 15 is 0 Å². The zero-order valence-electron chi connectivity index (χ0n) is 8.33. The summed E-state index contributed by atoms with van der Waals surface area (Å²) >= 11 is 4.55. The van der Waals surface area contributed by atoms with E-state index in [9.17, 15) is 9.90 Å². The van der Waals surface area contributed by atoms with Crippen LogP contribution >= 0.6 is 12.2 Å². The van der Waals surface area contributed by atoms with Crippen molar-refractivity contribution >= 4 is 23.3 Å². The van der Waals surface area contributed by atoms with Gasteiger partial charge >= 0.3 is 5.97 Å². The molecule has 1 rings (SSSR count). The third-order valence-electron chi connectivity index (χ3n) is 2.02. The van der Waals surface area contributed by atoms with Crippen LogP contribution in [0.15, 0.2) is 30.3 Å². The van der Waals surface area contributed by atoms with Crippen LogP contribution < -0.4 is 11.1 Å². The van der Waals surface area contributed by atoms with Crippen molar-refractivity contribution in [3.63, 3.8) is 0 Å². The molecule has 0 bridgehead atoms. The lowest BCUT2D eigenvalue weighted by Gasteiger charge is -2.20. The Hall–Kier alpha value is -1.66. The monoisotopic (exact) mass is 240 g/mol. The van der Waals surface area contributed by atoms with Crippen LogP contribution in [0.5, 0.6) is 0 Å². The van der Waals surface area contributed by atoms with E-state index in [1.165, 1.54) is 0 Å². The number of carbonyl (C=O) groups is 1. The highest BCUT2D eigenvalue weighted by Gasteiger charge is 2.27. The fourth-order valence-corrected chi connectivity index (χ4v) is 1.40. The topological polar surface area (TPSA) is 95.6 Å². The summed E-state index contributed by atoms with van der Waals surface area (Å²) in [5.41, 5.74) is 5.68. The number of hydrogen-bond acceptors (Lipinski definition) is 3. The molecule has 5 N–H and O–H groups in total. The average Bonchev–Trinajstić information content (AvgIpc) is 2.25. The summed E-state index contributed by atoms with van der Waals surface area (Å²) in [4.78, 5) is 10.9. The number of aliphatic hydroxyl groups is 1. The predicted octanol–water partition coefficient (Wildman–Crippen LogP) is 0.00640. The van der Waals surface area contributed by atoms with Gasteiger partial charge in [-0.2, -0.15) is 0 Å². The molecule has 2 atom stereocenters. The first-order chi connectivity index (χ1) is 7.52. The SMILES string of the molecule is NC(=S)NC(C(=O)O)C(O)c1ccccc1. The van der Waals surface area contributed by atoms with Crippen LogP contribution in [0.1, 0.15) is 11.7 Å². The maximum absolute atomic E-state index is 10.9. The third-order valence-corrected chi connectivity index (χ3v) is 2.14. The number of nitrogens with one attached hydrogen (secondary N) is 1. The highest BCUT2D eigenvalue weighted by molar-refractivity contribution is 7.80. The minimum Gasteiger partial charge on any atom is -0.480 e. The summed E-state index contributed by atoms with van der Waals surface area (Å²) in [6.45, 7) is 0. The van der Waals surface area contributed by atoms with Crippen molar-refractivity contribution < 1.29 is 15.0 Å². The second-order valence-electron chi connectivity index (χ2n) is 3.18. The Morgan fingerprint density at radius 1 is 1.38 bits per heavy atom.